The van der Waals surface area contributed by atoms with Crippen LogP contribution in [0.3, 0.4) is 0 Å². The molecule has 1 aromatic carbocycles. The number of imidazole rings is 1. The van der Waals surface area contributed by atoms with Gasteiger partial charge in [0.25, 0.3) is 0 Å². The van der Waals surface area contributed by atoms with Crippen LogP contribution in [0.1, 0.15) is 24.1 Å². The van der Waals surface area contributed by atoms with Crippen molar-refractivity contribution in [3.63, 3.8) is 0 Å². The van der Waals surface area contributed by atoms with Crippen LogP contribution < -0.4 is 5.32 Å². The van der Waals surface area contributed by atoms with Gasteiger partial charge < -0.3 is 9.47 Å². The molecule has 1 aliphatic rings. The number of aromatic nitrogens is 4. The number of nitrogens with zero attached hydrogens (tertiary/aromatic N) is 5. The topological polar surface area (TPSA) is 68.0 Å². The average Bonchev–Trinajstić information content (AvgIpc) is 3.32. The summed E-state index contributed by atoms with van der Waals surface area (Å²) < 4.78 is 3.90. The quantitative estimate of drug-likeness (QED) is 0.754. The third-order valence-corrected chi connectivity index (χ3v) is 5.24. The molecule has 1 fully saturated rings. The smallest absolute Gasteiger partial charge is 0.323 e. The van der Waals surface area contributed by atoms with Gasteiger partial charge in [-0.3, -0.25) is 5.32 Å². The van der Waals surface area contributed by atoms with Crippen molar-refractivity contribution >= 4 is 11.8 Å². The van der Waals surface area contributed by atoms with E-state index in [1.807, 2.05) is 66.3 Å². The maximum absolute atomic E-state index is 12.9. The first-order valence-electron chi connectivity index (χ1n) is 9.74. The maximum Gasteiger partial charge on any atom is 0.323 e. The standard InChI is InChI=1S/C21H26N6O/c1-16-6-3-4-8-19(16)27-20(12-17(2)24-27)23-21(28)26-10-5-7-18(14-26)13-25-11-9-22-15-25/h3-4,6,8-9,11-12,15,18H,5,7,10,13-14H2,1-2H3,(H,23,28)/t18-/m0/s1. The number of carbonyl (C=O) groups is 1. The van der Waals surface area contributed by atoms with Crippen molar-refractivity contribution in [2.75, 3.05) is 18.4 Å². The molecule has 146 valence electrons. The van der Waals surface area contributed by atoms with Crippen LogP contribution in [0.4, 0.5) is 10.6 Å². The molecule has 1 atom stereocenters. The van der Waals surface area contributed by atoms with Crippen molar-refractivity contribution in [3.05, 3.63) is 60.3 Å². The number of hydrogen-bond donors (Lipinski definition) is 1. The van der Waals surface area contributed by atoms with E-state index in [4.69, 9.17) is 0 Å². The van der Waals surface area contributed by atoms with Gasteiger partial charge in [0, 0.05) is 38.1 Å². The second kappa shape index (κ2) is 7.88. The molecule has 7 heteroatoms. The van der Waals surface area contributed by atoms with E-state index in [9.17, 15) is 4.79 Å². The first kappa shape index (κ1) is 18.3. The summed E-state index contributed by atoms with van der Waals surface area (Å²) in [5.74, 6) is 1.14. The van der Waals surface area contributed by atoms with Gasteiger partial charge in [-0.25, -0.2) is 14.5 Å². The number of nitrogens with one attached hydrogen (secondary N) is 1. The first-order chi connectivity index (χ1) is 13.6. The van der Waals surface area contributed by atoms with E-state index < -0.39 is 0 Å². The zero-order chi connectivity index (χ0) is 19.5. The van der Waals surface area contributed by atoms with Crippen LogP contribution in [0.2, 0.25) is 0 Å². The summed E-state index contributed by atoms with van der Waals surface area (Å²) in [6.07, 6.45) is 7.75. The van der Waals surface area contributed by atoms with E-state index >= 15 is 0 Å². The van der Waals surface area contributed by atoms with Gasteiger partial charge in [0.1, 0.15) is 5.82 Å². The summed E-state index contributed by atoms with van der Waals surface area (Å²) in [5, 5.41) is 7.65. The largest absolute Gasteiger partial charge is 0.337 e. The lowest BCUT2D eigenvalue weighted by Crippen LogP contribution is -2.43. The molecule has 2 amide bonds. The lowest BCUT2D eigenvalue weighted by Gasteiger charge is -2.33. The molecule has 0 radical (unpaired) electrons. The van der Waals surface area contributed by atoms with Crippen molar-refractivity contribution in [2.24, 2.45) is 5.92 Å². The normalized spacial score (nSPS) is 16.9. The Labute approximate surface area is 165 Å². The number of urea groups is 1. The minimum Gasteiger partial charge on any atom is -0.337 e. The van der Waals surface area contributed by atoms with E-state index in [0.29, 0.717) is 11.7 Å². The summed E-state index contributed by atoms with van der Waals surface area (Å²) in [6.45, 7) is 6.41. The molecule has 0 bridgehead atoms. The van der Waals surface area contributed by atoms with Gasteiger partial charge in [-0.1, -0.05) is 18.2 Å². The summed E-state index contributed by atoms with van der Waals surface area (Å²) in [4.78, 5) is 19.0. The van der Waals surface area contributed by atoms with Crippen molar-refractivity contribution < 1.29 is 4.79 Å². The minimum absolute atomic E-state index is 0.0648. The molecule has 0 saturated carbocycles. The molecule has 1 N–H and O–H groups in total. The van der Waals surface area contributed by atoms with Crippen molar-refractivity contribution in [3.8, 4) is 5.69 Å². The van der Waals surface area contributed by atoms with Gasteiger partial charge in [-0.05, 0) is 44.2 Å². The molecule has 3 heterocycles. The second-order valence-electron chi connectivity index (χ2n) is 7.51. The highest BCUT2D eigenvalue weighted by Crippen LogP contribution is 2.22. The van der Waals surface area contributed by atoms with Crippen molar-refractivity contribution in [2.45, 2.75) is 33.2 Å². The van der Waals surface area contributed by atoms with E-state index in [0.717, 1.165) is 49.4 Å². The predicted molar refractivity (Wildman–Crippen MR) is 109 cm³/mol. The third kappa shape index (κ3) is 3.93. The summed E-state index contributed by atoms with van der Waals surface area (Å²) >= 11 is 0. The number of amides is 2. The minimum atomic E-state index is -0.0648. The van der Waals surface area contributed by atoms with Crippen LogP contribution in [0, 0.1) is 19.8 Å². The SMILES string of the molecule is Cc1cc(NC(=O)N2CCC[C@@H](Cn3ccnc3)C2)n(-c2ccccc2C)n1. The van der Waals surface area contributed by atoms with Gasteiger partial charge in [0.05, 0.1) is 17.7 Å². The van der Waals surface area contributed by atoms with Gasteiger partial charge in [0.2, 0.25) is 0 Å². The molecular formula is C21H26N6O. The summed E-state index contributed by atoms with van der Waals surface area (Å²) in [5.41, 5.74) is 2.96. The Morgan fingerprint density at radius 2 is 2.14 bits per heavy atom. The molecule has 0 unspecified atom stereocenters. The fraction of sp³-hybridized carbons (Fsp3) is 0.381. The molecule has 0 aliphatic carbocycles. The summed E-state index contributed by atoms with van der Waals surface area (Å²) in [7, 11) is 0. The zero-order valence-corrected chi connectivity index (χ0v) is 16.4. The van der Waals surface area contributed by atoms with Gasteiger partial charge >= 0.3 is 6.03 Å². The van der Waals surface area contributed by atoms with Crippen LogP contribution in [-0.4, -0.2) is 43.4 Å². The number of para-hydroxylation sites is 1. The second-order valence-corrected chi connectivity index (χ2v) is 7.51. The van der Waals surface area contributed by atoms with Crippen molar-refractivity contribution in [1.29, 1.82) is 0 Å². The van der Waals surface area contributed by atoms with Crippen LogP contribution in [0.25, 0.3) is 5.69 Å². The molecule has 1 aliphatic heterocycles. The fourth-order valence-electron chi connectivity index (χ4n) is 3.85. The van der Waals surface area contributed by atoms with Crippen LogP contribution in [0.5, 0.6) is 0 Å². The number of likely N-dealkylation sites (tertiary alicyclic amines) is 1. The molecule has 0 spiro atoms. The maximum atomic E-state index is 12.9. The number of anilines is 1. The number of hydrogen-bond acceptors (Lipinski definition) is 3. The molecule has 2 aromatic heterocycles. The highest BCUT2D eigenvalue weighted by Gasteiger charge is 2.25. The Hall–Kier alpha value is -3.09. The lowest BCUT2D eigenvalue weighted by molar-refractivity contribution is 0.170. The van der Waals surface area contributed by atoms with E-state index in [1.54, 1.807) is 6.20 Å². The van der Waals surface area contributed by atoms with E-state index in [1.165, 1.54) is 0 Å². The Morgan fingerprint density at radius 1 is 1.29 bits per heavy atom. The average molecular weight is 378 g/mol. The Morgan fingerprint density at radius 3 is 2.93 bits per heavy atom. The highest BCUT2D eigenvalue weighted by molar-refractivity contribution is 5.89. The zero-order valence-electron chi connectivity index (χ0n) is 16.4. The van der Waals surface area contributed by atoms with Gasteiger partial charge in [-0.2, -0.15) is 5.10 Å². The Kier molecular flexibility index (Phi) is 5.14. The fourth-order valence-corrected chi connectivity index (χ4v) is 3.85. The number of rotatable bonds is 4. The Balaban J connectivity index is 1.47. The first-order valence-corrected chi connectivity index (χ1v) is 9.74. The molecular weight excluding hydrogens is 352 g/mol. The molecule has 7 nitrogen and oxygen atoms in total. The summed E-state index contributed by atoms with van der Waals surface area (Å²) in [6, 6.07) is 9.89. The molecule has 3 aromatic rings. The van der Waals surface area contributed by atoms with E-state index in [-0.39, 0.29) is 6.03 Å². The van der Waals surface area contributed by atoms with Gasteiger partial charge in [-0.15, -0.1) is 0 Å². The predicted octanol–water partition coefficient (Wildman–Crippen LogP) is 3.63. The third-order valence-electron chi connectivity index (χ3n) is 5.24. The van der Waals surface area contributed by atoms with Crippen molar-refractivity contribution in [1.82, 2.24) is 24.2 Å². The molecule has 1 saturated heterocycles. The molecule has 4 rings (SSSR count). The Bertz CT molecular complexity index is 946. The number of carbonyl (C=O) groups excluding carboxylic acids is 1. The van der Waals surface area contributed by atoms with E-state index in [2.05, 4.69) is 20.0 Å². The van der Waals surface area contributed by atoms with Gasteiger partial charge in [0.15, 0.2) is 0 Å². The highest BCUT2D eigenvalue weighted by atomic mass is 16.2. The number of benzene rings is 1. The monoisotopic (exact) mass is 378 g/mol. The lowest BCUT2D eigenvalue weighted by atomic mass is 9.98. The number of aryl methyl sites for hydroxylation is 2. The van der Waals surface area contributed by atoms with Crippen LogP contribution in [0.15, 0.2) is 49.1 Å². The molecule has 28 heavy (non-hydrogen) atoms. The van der Waals surface area contributed by atoms with Crippen LogP contribution >= 0.6 is 0 Å². The van der Waals surface area contributed by atoms with Crippen LogP contribution in [-0.2, 0) is 6.54 Å². The number of piperidine rings is 1.